The van der Waals surface area contributed by atoms with Gasteiger partial charge in [-0.3, -0.25) is 9.59 Å². The van der Waals surface area contributed by atoms with Crippen LogP contribution in [0.15, 0.2) is 23.1 Å². The molecule has 1 aliphatic carbocycles. The van der Waals surface area contributed by atoms with Crippen molar-refractivity contribution in [3.8, 4) is 0 Å². The summed E-state index contributed by atoms with van der Waals surface area (Å²) in [5.41, 5.74) is 1.46. The number of aryl methyl sites for hydroxylation is 1. The Hall–Kier alpha value is -1.93. The molecular weight excluding hydrogens is 390 g/mol. The highest BCUT2D eigenvalue weighted by Crippen LogP contribution is 2.28. The maximum absolute atomic E-state index is 13.1. The molecule has 1 fully saturated rings. The largest absolute Gasteiger partial charge is 0.336 e. The van der Waals surface area contributed by atoms with Crippen LogP contribution < -0.4 is 5.32 Å². The van der Waals surface area contributed by atoms with E-state index in [1.165, 1.54) is 19.5 Å². The SMILES string of the molecule is CC(C)N(C(=O)CN(C)S(=O)(=O)c1ccc2c(c1)CCC(=O)N2)C1CCCCC1. The van der Waals surface area contributed by atoms with Crippen LogP contribution in [0.3, 0.4) is 0 Å². The first kappa shape index (κ1) is 21.8. The number of benzene rings is 1. The number of carbonyl (C=O) groups is 2. The second-order valence-corrected chi connectivity index (χ2v) is 10.4. The minimum Gasteiger partial charge on any atom is -0.336 e. The Bertz CT molecular complexity index is 876. The van der Waals surface area contributed by atoms with E-state index in [0.717, 1.165) is 35.6 Å². The lowest BCUT2D eigenvalue weighted by atomic mass is 9.93. The molecule has 0 atom stereocenters. The molecule has 8 heteroatoms. The van der Waals surface area contributed by atoms with Gasteiger partial charge >= 0.3 is 0 Å². The predicted octanol–water partition coefficient (Wildman–Crippen LogP) is 2.76. The fraction of sp³-hybridized carbons (Fsp3) is 0.619. The number of sulfonamides is 1. The van der Waals surface area contributed by atoms with Gasteiger partial charge in [0, 0.05) is 31.2 Å². The number of nitrogens with zero attached hydrogens (tertiary/aromatic N) is 2. The minimum absolute atomic E-state index is 0.0362. The predicted molar refractivity (Wildman–Crippen MR) is 112 cm³/mol. The number of likely N-dealkylation sites (N-methyl/N-ethyl adjacent to an activating group) is 1. The molecule has 0 aromatic heterocycles. The Balaban J connectivity index is 1.75. The van der Waals surface area contributed by atoms with E-state index in [1.54, 1.807) is 12.1 Å². The second-order valence-electron chi connectivity index (χ2n) is 8.31. The van der Waals surface area contributed by atoms with Crippen molar-refractivity contribution in [1.82, 2.24) is 9.21 Å². The highest BCUT2D eigenvalue weighted by molar-refractivity contribution is 7.89. The number of hydrogen-bond donors (Lipinski definition) is 1. The second kappa shape index (κ2) is 8.83. The average Bonchev–Trinajstić information content (AvgIpc) is 2.68. The molecule has 7 nitrogen and oxygen atoms in total. The summed E-state index contributed by atoms with van der Waals surface area (Å²) in [5.74, 6) is -0.212. The summed E-state index contributed by atoms with van der Waals surface area (Å²) in [5, 5.41) is 2.76. The number of anilines is 1. The lowest BCUT2D eigenvalue weighted by Crippen LogP contribution is -2.49. The fourth-order valence-corrected chi connectivity index (χ4v) is 5.50. The molecule has 2 aliphatic rings. The number of fused-ring (bicyclic) bond motifs is 1. The van der Waals surface area contributed by atoms with Crippen LogP contribution in [-0.4, -0.2) is 55.1 Å². The van der Waals surface area contributed by atoms with Crippen molar-refractivity contribution in [1.29, 1.82) is 0 Å². The smallest absolute Gasteiger partial charge is 0.243 e. The van der Waals surface area contributed by atoms with Crippen LogP contribution in [0.1, 0.15) is 57.9 Å². The third kappa shape index (κ3) is 4.80. The summed E-state index contributed by atoms with van der Waals surface area (Å²) < 4.78 is 27.2. The highest BCUT2D eigenvalue weighted by atomic mass is 32.2. The molecule has 2 amide bonds. The van der Waals surface area contributed by atoms with Crippen molar-refractivity contribution in [3.63, 3.8) is 0 Å². The summed E-state index contributed by atoms with van der Waals surface area (Å²) in [4.78, 5) is 26.5. The minimum atomic E-state index is -3.80. The maximum Gasteiger partial charge on any atom is 0.243 e. The zero-order chi connectivity index (χ0) is 21.2. The van der Waals surface area contributed by atoms with E-state index in [9.17, 15) is 18.0 Å². The van der Waals surface area contributed by atoms with Gasteiger partial charge in [-0.25, -0.2) is 8.42 Å². The van der Waals surface area contributed by atoms with Gasteiger partial charge in [-0.1, -0.05) is 19.3 Å². The Morgan fingerprint density at radius 1 is 1.17 bits per heavy atom. The van der Waals surface area contributed by atoms with E-state index in [2.05, 4.69) is 5.32 Å². The molecule has 3 rings (SSSR count). The molecule has 29 heavy (non-hydrogen) atoms. The molecular formula is C21H31N3O4S. The molecule has 0 unspecified atom stereocenters. The number of rotatable bonds is 6. The maximum atomic E-state index is 13.1. The van der Waals surface area contributed by atoms with E-state index in [-0.39, 0.29) is 35.3 Å². The van der Waals surface area contributed by atoms with Crippen molar-refractivity contribution >= 4 is 27.5 Å². The first-order valence-electron chi connectivity index (χ1n) is 10.4. The Labute approximate surface area is 173 Å². The van der Waals surface area contributed by atoms with Crippen LogP contribution in [0.25, 0.3) is 0 Å². The molecule has 160 valence electrons. The first-order valence-corrected chi connectivity index (χ1v) is 11.8. The molecule has 1 N–H and O–H groups in total. The van der Waals surface area contributed by atoms with Crippen LogP contribution in [0.2, 0.25) is 0 Å². The van der Waals surface area contributed by atoms with Crippen LogP contribution in [0.5, 0.6) is 0 Å². The zero-order valence-electron chi connectivity index (χ0n) is 17.5. The van der Waals surface area contributed by atoms with Crippen LogP contribution >= 0.6 is 0 Å². The summed E-state index contributed by atoms with van der Waals surface area (Å²) in [6.45, 7) is 3.79. The van der Waals surface area contributed by atoms with Crippen LogP contribution in [0.4, 0.5) is 5.69 Å². The standard InChI is InChI=1S/C21H31N3O4S/c1-15(2)24(17-7-5-4-6-8-17)21(26)14-23(3)29(27,28)18-10-11-19-16(13-18)9-12-20(25)22-19/h10-11,13,15,17H,4-9,12,14H2,1-3H3,(H,22,25). The van der Waals surface area contributed by atoms with Crippen LogP contribution in [0, 0.1) is 0 Å². The summed E-state index contributed by atoms with van der Waals surface area (Å²) in [6.07, 6.45) is 6.24. The number of nitrogens with one attached hydrogen (secondary N) is 1. The van der Waals surface area contributed by atoms with Crippen molar-refractivity contribution in [2.24, 2.45) is 0 Å². The fourth-order valence-electron chi connectivity index (χ4n) is 4.33. The normalized spacial score (nSPS) is 17.9. The number of hydrogen-bond acceptors (Lipinski definition) is 4. The Morgan fingerprint density at radius 3 is 2.52 bits per heavy atom. The highest BCUT2D eigenvalue weighted by Gasteiger charge is 2.31. The molecule has 1 saturated carbocycles. The summed E-state index contributed by atoms with van der Waals surface area (Å²) in [6, 6.07) is 4.94. The summed E-state index contributed by atoms with van der Waals surface area (Å²) >= 11 is 0. The van der Waals surface area contributed by atoms with Crippen molar-refractivity contribution in [2.75, 3.05) is 18.9 Å². The van der Waals surface area contributed by atoms with Gasteiger partial charge in [-0.05, 0) is 56.9 Å². The van der Waals surface area contributed by atoms with Gasteiger partial charge in [0.05, 0.1) is 11.4 Å². The molecule has 1 aromatic rings. The van der Waals surface area contributed by atoms with Gasteiger partial charge in [0.2, 0.25) is 21.8 Å². The van der Waals surface area contributed by atoms with E-state index in [0.29, 0.717) is 18.5 Å². The van der Waals surface area contributed by atoms with Crippen molar-refractivity contribution in [3.05, 3.63) is 23.8 Å². The van der Waals surface area contributed by atoms with E-state index in [1.807, 2.05) is 18.7 Å². The monoisotopic (exact) mass is 421 g/mol. The molecule has 0 radical (unpaired) electrons. The Kier molecular flexibility index (Phi) is 6.63. The van der Waals surface area contributed by atoms with Gasteiger partial charge in [0.1, 0.15) is 0 Å². The third-order valence-electron chi connectivity index (χ3n) is 5.85. The van der Waals surface area contributed by atoms with E-state index >= 15 is 0 Å². The lowest BCUT2D eigenvalue weighted by molar-refractivity contribution is -0.136. The first-order chi connectivity index (χ1) is 13.7. The van der Waals surface area contributed by atoms with Crippen molar-refractivity contribution < 1.29 is 18.0 Å². The van der Waals surface area contributed by atoms with E-state index < -0.39 is 10.0 Å². The summed E-state index contributed by atoms with van der Waals surface area (Å²) in [7, 11) is -2.35. The van der Waals surface area contributed by atoms with Gasteiger partial charge in [0.25, 0.3) is 0 Å². The molecule has 1 aromatic carbocycles. The Morgan fingerprint density at radius 2 is 1.86 bits per heavy atom. The van der Waals surface area contributed by atoms with Gasteiger partial charge in [0.15, 0.2) is 0 Å². The third-order valence-corrected chi connectivity index (χ3v) is 7.65. The zero-order valence-corrected chi connectivity index (χ0v) is 18.3. The molecule has 0 saturated heterocycles. The molecule has 1 aliphatic heterocycles. The molecule has 0 bridgehead atoms. The molecule has 1 heterocycles. The van der Waals surface area contributed by atoms with Gasteiger partial charge < -0.3 is 10.2 Å². The topological polar surface area (TPSA) is 86.8 Å². The van der Waals surface area contributed by atoms with Gasteiger partial charge in [-0.15, -0.1) is 0 Å². The number of amides is 2. The van der Waals surface area contributed by atoms with Gasteiger partial charge in [-0.2, -0.15) is 4.31 Å². The molecule has 0 spiro atoms. The average molecular weight is 422 g/mol. The number of carbonyl (C=O) groups excluding carboxylic acids is 2. The van der Waals surface area contributed by atoms with Crippen molar-refractivity contribution in [2.45, 2.75) is 75.8 Å². The lowest BCUT2D eigenvalue weighted by Gasteiger charge is -2.38. The quantitative estimate of drug-likeness (QED) is 0.765. The van der Waals surface area contributed by atoms with E-state index in [4.69, 9.17) is 0 Å². The van der Waals surface area contributed by atoms with Crippen LogP contribution in [-0.2, 0) is 26.0 Å².